The zero-order valence-electron chi connectivity index (χ0n) is 10.4. The number of halogens is 1. The molecule has 0 aliphatic carbocycles. The lowest BCUT2D eigenvalue weighted by molar-refractivity contribution is 0.172. The molecule has 0 spiro atoms. The lowest BCUT2D eigenvalue weighted by Gasteiger charge is -2.22. The first kappa shape index (κ1) is 11.8. The van der Waals surface area contributed by atoms with Crippen LogP contribution in [0.1, 0.15) is 18.7 Å². The second kappa shape index (κ2) is 4.46. The summed E-state index contributed by atoms with van der Waals surface area (Å²) in [5.41, 5.74) is 7.42. The van der Waals surface area contributed by atoms with Crippen molar-refractivity contribution in [2.45, 2.75) is 13.1 Å². The molecule has 0 radical (unpaired) electrons. The average Bonchev–Trinajstić information content (AvgIpc) is 2.83. The van der Waals surface area contributed by atoms with Gasteiger partial charge in [-0.25, -0.2) is 4.39 Å². The quantitative estimate of drug-likeness (QED) is 0.903. The van der Waals surface area contributed by atoms with E-state index in [-0.39, 0.29) is 5.88 Å². The lowest BCUT2D eigenvalue weighted by Crippen LogP contribution is -2.16. The van der Waals surface area contributed by atoms with Gasteiger partial charge < -0.3 is 19.7 Å². The number of hydrogen-bond donors (Lipinski definition) is 1. The molecule has 2 heterocycles. The van der Waals surface area contributed by atoms with Crippen molar-refractivity contribution in [3.8, 4) is 22.6 Å². The molecule has 2 N–H and O–H groups in total. The molecule has 1 aromatic heterocycles. The second-order valence-electron chi connectivity index (χ2n) is 4.31. The fourth-order valence-electron chi connectivity index (χ4n) is 2.06. The van der Waals surface area contributed by atoms with Crippen LogP contribution in [0.3, 0.4) is 0 Å². The third-order valence-electron chi connectivity index (χ3n) is 3.01. The summed E-state index contributed by atoms with van der Waals surface area (Å²) in [5.74, 6) is 1.23. The van der Waals surface area contributed by atoms with E-state index in [2.05, 4.69) is 5.16 Å². The van der Waals surface area contributed by atoms with Gasteiger partial charge in [-0.3, -0.25) is 0 Å². The number of nitrogens with zero attached hydrogens (tertiary/aromatic N) is 1. The van der Waals surface area contributed by atoms with E-state index in [9.17, 15) is 4.39 Å². The van der Waals surface area contributed by atoms with Crippen molar-refractivity contribution in [3.63, 3.8) is 0 Å². The van der Waals surface area contributed by atoms with Gasteiger partial charge in [-0.2, -0.15) is 0 Å². The topological polar surface area (TPSA) is 70.5 Å². The van der Waals surface area contributed by atoms with Gasteiger partial charge in [0.05, 0.1) is 11.8 Å². The van der Waals surface area contributed by atoms with Crippen LogP contribution in [-0.2, 0) is 0 Å². The van der Waals surface area contributed by atoms with Crippen molar-refractivity contribution >= 4 is 5.88 Å². The molecule has 6 heteroatoms. The predicted octanol–water partition coefficient (Wildman–Crippen LogP) is 2.73. The first-order valence-corrected chi connectivity index (χ1v) is 5.95. The molecule has 3 rings (SSSR count). The minimum atomic E-state index is -1.12. The molecule has 0 saturated heterocycles. The van der Waals surface area contributed by atoms with Crippen molar-refractivity contribution in [2.75, 3.05) is 18.9 Å². The highest BCUT2D eigenvalue weighted by molar-refractivity contribution is 5.80. The minimum absolute atomic E-state index is 0.167. The zero-order chi connectivity index (χ0) is 13.4. The summed E-state index contributed by atoms with van der Waals surface area (Å²) in [6, 6.07) is 3.33. The molecule has 0 bridgehead atoms. The molecule has 19 heavy (non-hydrogen) atoms. The minimum Gasteiger partial charge on any atom is -0.486 e. The Morgan fingerprint density at radius 3 is 2.74 bits per heavy atom. The van der Waals surface area contributed by atoms with Gasteiger partial charge >= 0.3 is 0 Å². The molecule has 5 nitrogen and oxygen atoms in total. The van der Waals surface area contributed by atoms with E-state index in [0.717, 1.165) is 0 Å². The highest BCUT2D eigenvalue weighted by Gasteiger charge is 2.23. The van der Waals surface area contributed by atoms with Crippen molar-refractivity contribution in [3.05, 3.63) is 23.9 Å². The number of ether oxygens (including phenoxy) is 2. The molecule has 2 aromatic rings. The Bertz CT molecular complexity index is 610. The van der Waals surface area contributed by atoms with Crippen LogP contribution in [-0.4, -0.2) is 18.4 Å². The zero-order valence-corrected chi connectivity index (χ0v) is 10.4. The Morgan fingerprint density at radius 2 is 2.05 bits per heavy atom. The Balaban J connectivity index is 2.21. The van der Waals surface area contributed by atoms with E-state index in [4.69, 9.17) is 19.7 Å². The summed E-state index contributed by atoms with van der Waals surface area (Å²) in [6.45, 7) is 2.34. The lowest BCUT2D eigenvalue weighted by atomic mass is 10.0. The van der Waals surface area contributed by atoms with E-state index >= 15 is 0 Å². The number of benzene rings is 1. The van der Waals surface area contributed by atoms with Gasteiger partial charge in [-0.15, -0.1) is 0 Å². The van der Waals surface area contributed by atoms with Crippen LogP contribution in [0.25, 0.3) is 11.1 Å². The second-order valence-corrected chi connectivity index (χ2v) is 4.31. The molecule has 100 valence electrons. The molecule has 0 fully saturated rings. The maximum atomic E-state index is 13.6. The van der Waals surface area contributed by atoms with Gasteiger partial charge in [0.15, 0.2) is 11.5 Å². The summed E-state index contributed by atoms with van der Waals surface area (Å²) in [4.78, 5) is 0. The third-order valence-corrected chi connectivity index (χ3v) is 3.01. The first-order chi connectivity index (χ1) is 9.16. The van der Waals surface area contributed by atoms with Crippen LogP contribution >= 0.6 is 0 Å². The third kappa shape index (κ3) is 1.99. The molecule has 1 aliphatic rings. The number of aromatic nitrogens is 1. The molecule has 1 unspecified atom stereocenters. The Morgan fingerprint density at radius 1 is 1.26 bits per heavy atom. The molecule has 0 saturated carbocycles. The average molecular weight is 264 g/mol. The van der Waals surface area contributed by atoms with Gasteiger partial charge in [0.25, 0.3) is 0 Å². The fourth-order valence-corrected chi connectivity index (χ4v) is 2.06. The SMILES string of the molecule is CC(F)c1cc2c(c(-c3cnoc3N)c1)OCCO2. The summed E-state index contributed by atoms with van der Waals surface area (Å²) in [5, 5.41) is 3.63. The molecular weight excluding hydrogens is 251 g/mol. The van der Waals surface area contributed by atoms with E-state index in [1.54, 1.807) is 12.1 Å². The van der Waals surface area contributed by atoms with Gasteiger partial charge in [-0.1, -0.05) is 5.16 Å². The number of nitrogens with two attached hydrogens (primary N) is 1. The largest absolute Gasteiger partial charge is 0.486 e. The molecule has 0 amide bonds. The first-order valence-electron chi connectivity index (χ1n) is 5.95. The Hall–Kier alpha value is -2.24. The number of alkyl halides is 1. The smallest absolute Gasteiger partial charge is 0.230 e. The summed E-state index contributed by atoms with van der Waals surface area (Å²) >= 11 is 0. The van der Waals surface area contributed by atoms with Crippen molar-refractivity contribution < 1.29 is 18.4 Å². The fraction of sp³-hybridized carbons (Fsp3) is 0.308. The maximum absolute atomic E-state index is 13.6. The standard InChI is InChI=1S/C13H13FN2O3/c1-7(14)8-4-9(10-6-16-19-13(10)15)12-11(5-8)17-2-3-18-12/h4-7H,2-3,15H2,1H3. The van der Waals surface area contributed by atoms with Crippen LogP contribution in [0.5, 0.6) is 11.5 Å². The highest BCUT2D eigenvalue weighted by Crippen LogP contribution is 2.44. The predicted molar refractivity (Wildman–Crippen MR) is 66.9 cm³/mol. The van der Waals surface area contributed by atoms with Gasteiger partial charge in [-0.05, 0) is 24.6 Å². The number of nitrogen functional groups attached to an aromatic ring is 1. The number of rotatable bonds is 2. The molecule has 1 aromatic carbocycles. The van der Waals surface area contributed by atoms with Crippen LogP contribution < -0.4 is 15.2 Å². The molecular formula is C13H13FN2O3. The summed E-state index contributed by atoms with van der Waals surface area (Å²) in [6.07, 6.45) is 0.367. The number of hydrogen-bond acceptors (Lipinski definition) is 5. The maximum Gasteiger partial charge on any atom is 0.230 e. The van der Waals surface area contributed by atoms with Gasteiger partial charge in [0.2, 0.25) is 5.88 Å². The van der Waals surface area contributed by atoms with E-state index in [1.807, 2.05) is 0 Å². The summed E-state index contributed by atoms with van der Waals surface area (Å²) < 4.78 is 29.5. The van der Waals surface area contributed by atoms with E-state index < -0.39 is 6.17 Å². The van der Waals surface area contributed by atoms with Crippen LogP contribution in [0.15, 0.2) is 22.9 Å². The number of fused-ring (bicyclic) bond motifs is 1. The van der Waals surface area contributed by atoms with E-state index in [1.165, 1.54) is 13.1 Å². The van der Waals surface area contributed by atoms with Crippen LogP contribution in [0, 0.1) is 0 Å². The van der Waals surface area contributed by atoms with Crippen molar-refractivity contribution in [2.24, 2.45) is 0 Å². The molecule has 1 atom stereocenters. The van der Waals surface area contributed by atoms with Crippen LogP contribution in [0.4, 0.5) is 10.3 Å². The van der Waals surface area contributed by atoms with Crippen molar-refractivity contribution in [1.82, 2.24) is 5.16 Å². The Kier molecular flexibility index (Phi) is 2.77. The normalized spacial score (nSPS) is 15.3. The molecule has 1 aliphatic heterocycles. The van der Waals surface area contributed by atoms with Crippen LogP contribution in [0.2, 0.25) is 0 Å². The number of anilines is 1. The highest BCUT2D eigenvalue weighted by atomic mass is 19.1. The van der Waals surface area contributed by atoms with E-state index in [0.29, 0.717) is 41.4 Å². The monoisotopic (exact) mass is 264 g/mol. The summed E-state index contributed by atoms with van der Waals surface area (Å²) in [7, 11) is 0. The van der Waals surface area contributed by atoms with Gasteiger partial charge in [0.1, 0.15) is 19.4 Å². The van der Waals surface area contributed by atoms with Crippen molar-refractivity contribution in [1.29, 1.82) is 0 Å². The Labute approximate surface area is 109 Å². The van der Waals surface area contributed by atoms with Gasteiger partial charge in [0, 0.05) is 5.56 Å².